The monoisotopic (exact) mass is 258 g/mol. The van der Waals surface area contributed by atoms with Crippen molar-refractivity contribution in [3.05, 3.63) is 0 Å². The van der Waals surface area contributed by atoms with Crippen LogP contribution in [0.5, 0.6) is 0 Å². The standard InChI is InChI=1S/C13H26N2O3/c1-10(2)14-7-13(3-4-18-9-13)8-15-5-11(16)12(17)6-15/h10-12,14,16-17H,3-9H2,1-2H3. The van der Waals surface area contributed by atoms with Crippen LogP contribution < -0.4 is 5.32 Å². The van der Waals surface area contributed by atoms with Crippen molar-refractivity contribution in [2.24, 2.45) is 5.41 Å². The number of rotatable bonds is 5. The number of aliphatic hydroxyl groups is 2. The maximum absolute atomic E-state index is 9.61. The van der Waals surface area contributed by atoms with Crippen LogP contribution >= 0.6 is 0 Å². The number of ether oxygens (including phenoxy) is 1. The molecule has 0 bridgehead atoms. The van der Waals surface area contributed by atoms with Crippen LogP contribution in [0.3, 0.4) is 0 Å². The third-order valence-electron chi connectivity index (χ3n) is 3.96. The topological polar surface area (TPSA) is 65.0 Å². The van der Waals surface area contributed by atoms with E-state index in [0.717, 1.165) is 32.7 Å². The van der Waals surface area contributed by atoms with E-state index in [1.807, 2.05) is 0 Å². The fraction of sp³-hybridized carbons (Fsp3) is 1.00. The zero-order valence-electron chi connectivity index (χ0n) is 11.4. The average molecular weight is 258 g/mol. The smallest absolute Gasteiger partial charge is 0.0938 e. The van der Waals surface area contributed by atoms with Gasteiger partial charge in [0.15, 0.2) is 0 Å². The normalized spacial score (nSPS) is 37.8. The Balaban J connectivity index is 1.90. The first-order valence-corrected chi connectivity index (χ1v) is 6.90. The molecule has 2 saturated heterocycles. The molecule has 0 aromatic rings. The van der Waals surface area contributed by atoms with E-state index in [1.54, 1.807) is 0 Å². The first-order valence-electron chi connectivity index (χ1n) is 6.90. The van der Waals surface area contributed by atoms with Crippen LogP contribution in [-0.4, -0.2) is 72.8 Å². The first-order chi connectivity index (χ1) is 8.51. The first kappa shape index (κ1) is 14.2. The van der Waals surface area contributed by atoms with Gasteiger partial charge in [0, 0.05) is 44.2 Å². The Morgan fingerprint density at radius 1 is 1.33 bits per heavy atom. The van der Waals surface area contributed by atoms with E-state index in [2.05, 4.69) is 24.1 Å². The van der Waals surface area contributed by atoms with Crippen LogP contribution in [-0.2, 0) is 4.74 Å². The lowest BCUT2D eigenvalue weighted by Crippen LogP contribution is -2.46. The highest BCUT2D eigenvalue weighted by molar-refractivity contribution is 4.93. The van der Waals surface area contributed by atoms with E-state index in [1.165, 1.54) is 0 Å². The van der Waals surface area contributed by atoms with Crippen molar-refractivity contribution >= 4 is 0 Å². The largest absolute Gasteiger partial charge is 0.389 e. The molecule has 3 unspecified atom stereocenters. The zero-order valence-corrected chi connectivity index (χ0v) is 11.4. The van der Waals surface area contributed by atoms with E-state index in [4.69, 9.17) is 4.74 Å². The van der Waals surface area contributed by atoms with Gasteiger partial charge in [0.2, 0.25) is 0 Å². The minimum Gasteiger partial charge on any atom is -0.389 e. The summed E-state index contributed by atoms with van der Waals surface area (Å²) >= 11 is 0. The Hall–Kier alpha value is -0.200. The van der Waals surface area contributed by atoms with E-state index in [-0.39, 0.29) is 5.41 Å². The number of nitrogens with zero attached hydrogens (tertiary/aromatic N) is 1. The minimum absolute atomic E-state index is 0.133. The lowest BCUT2D eigenvalue weighted by atomic mass is 9.86. The summed E-state index contributed by atoms with van der Waals surface area (Å²) < 4.78 is 5.57. The molecule has 2 rings (SSSR count). The number of likely N-dealkylation sites (tertiary alicyclic amines) is 1. The van der Waals surface area contributed by atoms with Gasteiger partial charge in [-0.2, -0.15) is 0 Å². The van der Waals surface area contributed by atoms with Crippen molar-refractivity contribution in [2.75, 3.05) is 39.4 Å². The molecule has 106 valence electrons. The van der Waals surface area contributed by atoms with Gasteiger partial charge in [-0.3, -0.25) is 4.90 Å². The molecule has 0 aromatic heterocycles. The highest BCUT2D eigenvalue weighted by atomic mass is 16.5. The van der Waals surface area contributed by atoms with Crippen LogP contribution in [0.25, 0.3) is 0 Å². The number of hydrogen-bond donors (Lipinski definition) is 3. The maximum Gasteiger partial charge on any atom is 0.0938 e. The summed E-state index contributed by atoms with van der Waals surface area (Å²) in [5.74, 6) is 0. The predicted octanol–water partition coefficient (Wildman–Crippen LogP) is -0.571. The van der Waals surface area contributed by atoms with Crippen molar-refractivity contribution in [3.8, 4) is 0 Å². The number of nitrogens with one attached hydrogen (secondary N) is 1. The summed E-state index contributed by atoms with van der Waals surface area (Å²) in [6.45, 7) is 8.86. The summed E-state index contributed by atoms with van der Waals surface area (Å²) in [7, 11) is 0. The lowest BCUT2D eigenvalue weighted by molar-refractivity contribution is 0.0572. The Kier molecular flexibility index (Phi) is 4.61. The van der Waals surface area contributed by atoms with Crippen LogP contribution in [0.15, 0.2) is 0 Å². The lowest BCUT2D eigenvalue weighted by Gasteiger charge is -2.33. The molecule has 2 fully saturated rings. The number of β-amino-alcohol motifs (C(OH)–C–C–N with tert-alkyl or cyclic N) is 2. The molecule has 2 aliphatic rings. The molecule has 2 heterocycles. The predicted molar refractivity (Wildman–Crippen MR) is 69.5 cm³/mol. The summed E-state index contributed by atoms with van der Waals surface area (Å²) in [5, 5.41) is 22.7. The average Bonchev–Trinajstić information content (AvgIpc) is 2.86. The molecule has 2 aliphatic heterocycles. The Labute approximate surface area is 109 Å². The quantitative estimate of drug-likeness (QED) is 0.616. The molecule has 3 N–H and O–H groups in total. The van der Waals surface area contributed by atoms with E-state index in [0.29, 0.717) is 19.1 Å². The van der Waals surface area contributed by atoms with Crippen LogP contribution in [0, 0.1) is 5.41 Å². The SMILES string of the molecule is CC(C)NCC1(CN2CC(O)C(O)C2)CCOC1. The fourth-order valence-corrected chi connectivity index (χ4v) is 2.84. The molecular weight excluding hydrogens is 232 g/mol. The summed E-state index contributed by atoms with van der Waals surface area (Å²) in [6, 6.07) is 0.470. The van der Waals surface area contributed by atoms with Gasteiger partial charge in [0.25, 0.3) is 0 Å². The Bertz CT molecular complexity index is 257. The van der Waals surface area contributed by atoms with Gasteiger partial charge < -0.3 is 20.3 Å². The van der Waals surface area contributed by atoms with E-state index < -0.39 is 12.2 Å². The molecular formula is C13H26N2O3. The number of aliphatic hydroxyl groups excluding tert-OH is 2. The van der Waals surface area contributed by atoms with Gasteiger partial charge in [0.1, 0.15) is 0 Å². The third-order valence-corrected chi connectivity index (χ3v) is 3.96. The highest BCUT2D eigenvalue weighted by Crippen LogP contribution is 2.30. The van der Waals surface area contributed by atoms with Gasteiger partial charge in [-0.25, -0.2) is 0 Å². The van der Waals surface area contributed by atoms with Gasteiger partial charge in [-0.05, 0) is 6.42 Å². The van der Waals surface area contributed by atoms with Crippen molar-refractivity contribution in [3.63, 3.8) is 0 Å². The molecule has 0 amide bonds. The van der Waals surface area contributed by atoms with Gasteiger partial charge in [-0.15, -0.1) is 0 Å². The van der Waals surface area contributed by atoms with Crippen molar-refractivity contribution in [1.82, 2.24) is 10.2 Å². The van der Waals surface area contributed by atoms with Crippen LogP contribution in [0.2, 0.25) is 0 Å². The molecule has 3 atom stereocenters. The van der Waals surface area contributed by atoms with Crippen molar-refractivity contribution in [1.29, 1.82) is 0 Å². The maximum atomic E-state index is 9.61. The highest BCUT2D eigenvalue weighted by Gasteiger charge is 2.40. The molecule has 0 radical (unpaired) electrons. The summed E-state index contributed by atoms with van der Waals surface area (Å²) in [6.07, 6.45) is -0.139. The summed E-state index contributed by atoms with van der Waals surface area (Å²) in [4.78, 5) is 2.16. The molecule has 5 heteroatoms. The summed E-state index contributed by atoms with van der Waals surface area (Å²) in [5.41, 5.74) is 0.133. The van der Waals surface area contributed by atoms with Crippen molar-refractivity contribution in [2.45, 2.75) is 38.5 Å². The molecule has 18 heavy (non-hydrogen) atoms. The van der Waals surface area contributed by atoms with Crippen LogP contribution in [0.1, 0.15) is 20.3 Å². The second-order valence-corrected chi connectivity index (χ2v) is 6.17. The second kappa shape index (κ2) is 5.84. The molecule has 0 saturated carbocycles. The molecule has 0 aliphatic carbocycles. The third kappa shape index (κ3) is 3.42. The Morgan fingerprint density at radius 2 is 2.00 bits per heavy atom. The van der Waals surface area contributed by atoms with Crippen molar-refractivity contribution < 1.29 is 14.9 Å². The zero-order chi connectivity index (χ0) is 13.2. The second-order valence-electron chi connectivity index (χ2n) is 6.17. The molecule has 0 spiro atoms. The fourth-order valence-electron chi connectivity index (χ4n) is 2.84. The van der Waals surface area contributed by atoms with Gasteiger partial charge in [-0.1, -0.05) is 13.8 Å². The molecule has 0 aromatic carbocycles. The minimum atomic E-state index is -0.595. The van der Waals surface area contributed by atoms with Gasteiger partial charge in [0.05, 0.1) is 18.8 Å². The molecule has 5 nitrogen and oxygen atoms in total. The number of hydrogen-bond acceptors (Lipinski definition) is 5. The van der Waals surface area contributed by atoms with E-state index in [9.17, 15) is 10.2 Å². The van der Waals surface area contributed by atoms with E-state index >= 15 is 0 Å². The Morgan fingerprint density at radius 3 is 2.50 bits per heavy atom. The van der Waals surface area contributed by atoms with Crippen LogP contribution in [0.4, 0.5) is 0 Å². The van der Waals surface area contributed by atoms with Gasteiger partial charge >= 0.3 is 0 Å².